The molecule has 3 aromatic rings. The lowest BCUT2D eigenvalue weighted by Crippen LogP contribution is -2.45. The molecule has 2 aromatic heterocycles. The van der Waals surface area contributed by atoms with Crippen molar-refractivity contribution in [1.82, 2.24) is 20.0 Å². The maximum absolute atomic E-state index is 13.0. The van der Waals surface area contributed by atoms with Gasteiger partial charge in [0, 0.05) is 36.5 Å². The van der Waals surface area contributed by atoms with Gasteiger partial charge in [-0.1, -0.05) is 23.7 Å². The van der Waals surface area contributed by atoms with Gasteiger partial charge in [-0.2, -0.15) is 5.10 Å². The Morgan fingerprint density at radius 1 is 1.24 bits per heavy atom. The first-order chi connectivity index (χ1) is 13.9. The number of amides is 2. The molecule has 0 saturated carbocycles. The van der Waals surface area contributed by atoms with Crippen molar-refractivity contribution in [3.63, 3.8) is 0 Å². The Kier molecular flexibility index (Phi) is 5.61. The fourth-order valence-electron chi connectivity index (χ4n) is 3.76. The Bertz CT molecular complexity index is 1050. The molecule has 1 aliphatic rings. The van der Waals surface area contributed by atoms with Gasteiger partial charge in [0.25, 0.3) is 5.91 Å². The molecule has 8 heteroatoms. The molecule has 2 amide bonds. The van der Waals surface area contributed by atoms with Gasteiger partial charge in [0.2, 0.25) is 5.91 Å². The van der Waals surface area contributed by atoms with E-state index in [0.717, 1.165) is 39.2 Å². The number of piperidine rings is 1. The van der Waals surface area contributed by atoms with Crippen LogP contribution in [0.2, 0.25) is 5.02 Å². The highest BCUT2D eigenvalue weighted by molar-refractivity contribution is 7.20. The van der Waals surface area contributed by atoms with Crippen LogP contribution in [0.25, 0.3) is 10.2 Å². The number of halogens is 1. The van der Waals surface area contributed by atoms with Crippen LogP contribution in [0.3, 0.4) is 0 Å². The molecule has 0 unspecified atom stereocenters. The summed E-state index contributed by atoms with van der Waals surface area (Å²) in [4.78, 5) is 27.9. The van der Waals surface area contributed by atoms with Gasteiger partial charge >= 0.3 is 0 Å². The first kappa shape index (κ1) is 19.9. The number of hydrogen-bond donors (Lipinski definition) is 1. The van der Waals surface area contributed by atoms with E-state index in [1.54, 1.807) is 0 Å². The largest absolute Gasteiger partial charge is 0.353 e. The highest BCUT2D eigenvalue weighted by atomic mass is 35.5. The number of nitrogens with zero attached hydrogens (tertiary/aromatic N) is 3. The Morgan fingerprint density at radius 3 is 2.59 bits per heavy atom. The number of fused-ring (bicyclic) bond motifs is 1. The molecule has 3 heterocycles. The zero-order valence-electron chi connectivity index (χ0n) is 16.4. The van der Waals surface area contributed by atoms with Crippen LogP contribution >= 0.6 is 22.9 Å². The molecule has 29 heavy (non-hydrogen) atoms. The van der Waals surface area contributed by atoms with E-state index in [-0.39, 0.29) is 17.9 Å². The average molecular weight is 431 g/mol. The Hall–Kier alpha value is -2.38. The molecular weight excluding hydrogens is 408 g/mol. The molecule has 0 atom stereocenters. The number of hydrogen-bond acceptors (Lipinski definition) is 4. The van der Waals surface area contributed by atoms with Gasteiger partial charge < -0.3 is 10.2 Å². The van der Waals surface area contributed by atoms with Gasteiger partial charge in [0.05, 0.1) is 17.1 Å². The molecule has 6 nitrogen and oxygen atoms in total. The van der Waals surface area contributed by atoms with Crippen molar-refractivity contribution < 1.29 is 9.59 Å². The molecule has 152 valence electrons. The number of rotatable bonds is 4. The summed E-state index contributed by atoms with van der Waals surface area (Å²) in [5.74, 6) is 0.0462. The molecule has 1 aliphatic heterocycles. The van der Waals surface area contributed by atoms with Crippen molar-refractivity contribution in [2.45, 2.75) is 39.3 Å². The maximum atomic E-state index is 13.0. The quantitative estimate of drug-likeness (QED) is 0.683. The van der Waals surface area contributed by atoms with E-state index in [4.69, 9.17) is 11.6 Å². The summed E-state index contributed by atoms with van der Waals surface area (Å²) in [6, 6.07) is 9.85. The molecule has 0 radical (unpaired) electrons. The number of nitrogens with one attached hydrogen (secondary N) is 1. The molecule has 1 N–H and O–H groups in total. The third kappa shape index (κ3) is 4.31. The van der Waals surface area contributed by atoms with Crippen molar-refractivity contribution in [3.05, 3.63) is 51.5 Å². The van der Waals surface area contributed by atoms with Gasteiger partial charge in [-0.25, -0.2) is 0 Å². The number of likely N-dealkylation sites (tertiary alicyclic amines) is 1. The minimum Gasteiger partial charge on any atom is -0.353 e. The zero-order chi connectivity index (χ0) is 20.5. The smallest absolute Gasteiger partial charge is 0.264 e. The lowest BCUT2D eigenvalue weighted by molar-refractivity contribution is -0.119. The van der Waals surface area contributed by atoms with Crippen LogP contribution in [-0.4, -0.2) is 45.6 Å². The van der Waals surface area contributed by atoms with Gasteiger partial charge in [-0.3, -0.25) is 14.3 Å². The lowest BCUT2D eigenvalue weighted by Gasteiger charge is -2.31. The SMILES string of the molecule is CC(=O)NC1CCN(C(=O)c2cc3c(C)nn(Cc4ccc(Cl)cc4)c3s2)CC1. The zero-order valence-corrected chi connectivity index (χ0v) is 18.0. The number of thiophene rings is 1. The first-order valence-corrected chi connectivity index (χ1v) is 10.9. The Balaban J connectivity index is 1.51. The highest BCUT2D eigenvalue weighted by Gasteiger charge is 2.26. The van der Waals surface area contributed by atoms with Crippen molar-refractivity contribution in [2.24, 2.45) is 0 Å². The van der Waals surface area contributed by atoms with Crippen LogP contribution < -0.4 is 5.32 Å². The summed E-state index contributed by atoms with van der Waals surface area (Å²) in [6.07, 6.45) is 1.58. The van der Waals surface area contributed by atoms with Crippen LogP contribution in [-0.2, 0) is 11.3 Å². The van der Waals surface area contributed by atoms with E-state index in [2.05, 4.69) is 10.4 Å². The molecule has 0 aliphatic carbocycles. The fraction of sp³-hybridized carbons (Fsp3) is 0.381. The fourth-order valence-corrected chi connectivity index (χ4v) is 5.01. The van der Waals surface area contributed by atoms with Crippen molar-refractivity contribution in [1.29, 1.82) is 0 Å². The first-order valence-electron chi connectivity index (χ1n) is 9.68. The number of aromatic nitrogens is 2. The monoisotopic (exact) mass is 430 g/mol. The van der Waals surface area contributed by atoms with E-state index in [1.807, 2.05) is 46.8 Å². The predicted molar refractivity (Wildman–Crippen MR) is 116 cm³/mol. The van der Waals surface area contributed by atoms with Crippen molar-refractivity contribution >= 4 is 45.0 Å². The summed E-state index contributed by atoms with van der Waals surface area (Å²) in [7, 11) is 0. The van der Waals surface area contributed by atoms with Crippen molar-refractivity contribution in [2.75, 3.05) is 13.1 Å². The summed E-state index contributed by atoms with van der Waals surface area (Å²) in [5, 5.41) is 9.33. The normalized spacial score (nSPS) is 15.1. The number of carbonyl (C=O) groups excluding carboxylic acids is 2. The molecule has 0 bridgehead atoms. The number of carbonyl (C=O) groups is 2. The van der Waals surface area contributed by atoms with Crippen LogP contribution in [0, 0.1) is 6.92 Å². The molecule has 1 saturated heterocycles. The van der Waals surface area contributed by atoms with Crippen LogP contribution in [0.15, 0.2) is 30.3 Å². The van der Waals surface area contributed by atoms with Crippen LogP contribution in [0.4, 0.5) is 0 Å². The minimum atomic E-state index is -0.0139. The van der Waals surface area contributed by atoms with E-state index in [0.29, 0.717) is 24.7 Å². The van der Waals surface area contributed by atoms with E-state index >= 15 is 0 Å². The predicted octanol–water partition coefficient (Wildman–Crippen LogP) is 3.85. The molecule has 0 spiro atoms. The molecular formula is C21H23ClN4O2S. The minimum absolute atomic E-state index is 0.0139. The van der Waals surface area contributed by atoms with Gasteiger partial charge in [0.15, 0.2) is 0 Å². The maximum Gasteiger partial charge on any atom is 0.264 e. The van der Waals surface area contributed by atoms with Gasteiger partial charge in [0.1, 0.15) is 4.83 Å². The average Bonchev–Trinajstić information content (AvgIpc) is 3.25. The Morgan fingerprint density at radius 2 is 1.93 bits per heavy atom. The number of aryl methyl sites for hydroxylation is 1. The third-order valence-electron chi connectivity index (χ3n) is 5.25. The second-order valence-corrected chi connectivity index (χ2v) is 8.93. The topological polar surface area (TPSA) is 67.2 Å². The van der Waals surface area contributed by atoms with Crippen LogP contribution in [0.1, 0.15) is 40.7 Å². The lowest BCUT2D eigenvalue weighted by atomic mass is 10.0. The van der Waals surface area contributed by atoms with Gasteiger partial charge in [-0.15, -0.1) is 11.3 Å². The summed E-state index contributed by atoms with van der Waals surface area (Å²) in [5.41, 5.74) is 2.04. The van der Waals surface area contributed by atoms with E-state index < -0.39 is 0 Å². The van der Waals surface area contributed by atoms with Crippen molar-refractivity contribution in [3.8, 4) is 0 Å². The third-order valence-corrected chi connectivity index (χ3v) is 6.64. The standard InChI is InChI=1S/C21H23ClN4O2S/c1-13-18-11-19(20(28)25-9-7-17(8-10-25)23-14(2)27)29-21(18)26(24-13)12-15-3-5-16(22)6-4-15/h3-6,11,17H,7-10,12H2,1-2H3,(H,23,27). The summed E-state index contributed by atoms with van der Waals surface area (Å²) >= 11 is 7.47. The second-order valence-electron chi connectivity index (χ2n) is 7.47. The van der Waals surface area contributed by atoms with E-state index in [9.17, 15) is 9.59 Å². The van der Waals surface area contributed by atoms with Crippen LogP contribution in [0.5, 0.6) is 0 Å². The summed E-state index contributed by atoms with van der Waals surface area (Å²) in [6.45, 7) is 5.46. The second kappa shape index (κ2) is 8.16. The summed E-state index contributed by atoms with van der Waals surface area (Å²) < 4.78 is 1.96. The Labute approximate surface area is 178 Å². The molecule has 1 fully saturated rings. The number of benzene rings is 1. The van der Waals surface area contributed by atoms with Gasteiger partial charge in [-0.05, 0) is 43.5 Å². The molecule has 4 rings (SSSR count). The van der Waals surface area contributed by atoms with E-state index in [1.165, 1.54) is 18.3 Å². The molecule has 1 aromatic carbocycles. The highest BCUT2D eigenvalue weighted by Crippen LogP contribution is 2.30.